The van der Waals surface area contributed by atoms with E-state index in [9.17, 15) is 5.26 Å². The molecule has 0 saturated heterocycles. The SMILES string of the molecule is N#Cc1c(-c2ccccc2)cc(-c2nccs2)[nH]c1=S. The normalized spacial score (nSPS) is 10.2. The minimum atomic E-state index is 0.444. The Balaban J connectivity index is 2.28. The van der Waals surface area contributed by atoms with Gasteiger partial charge in [0.2, 0.25) is 0 Å². The van der Waals surface area contributed by atoms with E-state index in [1.807, 2.05) is 41.8 Å². The number of hydrogen-bond acceptors (Lipinski definition) is 4. The summed E-state index contributed by atoms with van der Waals surface area (Å²) in [5.41, 5.74) is 3.14. The molecular formula is C15H9N3S2. The van der Waals surface area contributed by atoms with E-state index in [1.165, 1.54) is 11.3 Å². The van der Waals surface area contributed by atoms with Crippen molar-refractivity contribution in [3.63, 3.8) is 0 Å². The summed E-state index contributed by atoms with van der Waals surface area (Å²) < 4.78 is 0.444. The van der Waals surface area contributed by atoms with Gasteiger partial charge >= 0.3 is 0 Å². The van der Waals surface area contributed by atoms with Crippen molar-refractivity contribution >= 4 is 23.6 Å². The highest BCUT2D eigenvalue weighted by atomic mass is 32.1. The van der Waals surface area contributed by atoms with Crippen molar-refractivity contribution in [3.05, 3.63) is 58.2 Å². The number of aromatic amines is 1. The molecular weight excluding hydrogens is 286 g/mol. The first kappa shape index (κ1) is 12.7. The van der Waals surface area contributed by atoms with Crippen molar-refractivity contribution in [1.29, 1.82) is 5.26 Å². The van der Waals surface area contributed by atoms with E-state index < -0.39 is 0 Å². The molecule has 0 fully saturated rings. The molecule has 2 aromatic heterocycles. The van der Waals surface area contributed by atoms with Crippen LogP contribution in [0.4, 0.5) is 0 Å². The molecule has 0 radical (unpaired) electrons. The number of aromatic nitrogens is 2. The van der Waals surface area contributed by atoms with Gasteiger partial charge in [0.25, 0.3) is 0 Å². The Morgan fingerprint density at radius 3 is 2.70 bits per heavy atom. The quantitative estimate of drug-likeness (QED) is 0.713. The second kappa shape index (κ2) is 5.37. The number of nitriles is 1. The van der Waals surface area contributed by atoms with E-state index in [0.29, 0.717) is 10.2 Å². The smallest absolute Gasteiger partial charge is 0.139 e. The van der Waals surface area contributed by atoms with Gasteiger partial charge in [0.15, 0.2) is 0 Å². The lowest BCUT2D eigenvalue weighted by molar-refractivity contribution is 1.25. The Labute approximate surface area is 125 Å². The number of nitrogens with one attached hydrogen (secondary N) is 1. The first-order chi connectivity index (χ1) is 9.79. The van der Waals surface area contributed by atoms with Gasteiger partial charge in [-0.05, 0) is 11.6 Å². The Morgan fingerprint density at radius 1 is 1.25 bits per heavy atom. The zero-order chi connectivity index (χ0) is 13.9. The minimum Gasteiger partial charge on any atom is -0.343 e. The van der Waals surface area contributed by atoms with Crippen LogP contribution in [0.3, 0.4) is 0 Å². The van der Waals surface area contributed by atoms with E-state index in [2.05, 4.69) is 16.0 Å². The summed E-state index contributed by atoms with van der Waals surface area (Å²) in [6.07, 6.45) is 1.75. The fraction of sp³-hybridized carbons (Fsp3) is 0. The van der Waals surface area contributed by atoms with Gasteiger partial charge in [-0.15, -0.1) is 11.3 Å². The van der Waals surface area contributed by atoms with Crippen molar-refractivity contribution in [2.75, 3.05) is 0 Å². The van der Waals surface area contributed by atoms with Crippen molar-refractivity contribution in [3.8, 4) is 27.9 Å². The third-order valence-corrected chi connectivity index (χ3v) is 4.01. The lowest BCUT2D eigenvalue weighted by atomic mass is 10.0. The van der Waals surface area contributed by atoms with Gasteiger partial charge in [0.05, 0.1) is 11.3 Å². The maximum Gasteiger partial charge on any atom is 0.139 e. The average Bonchev–Trinajstić information content (AvgIpc) is 3.01. The number of hydrogen-bond donors (Lipinski definition) is 1. The molecule has 5 heteroatoms. The van der Waals surface area contributed by atoms with Gasteiger partial charge in [-0.3, -0.25) is 0 Å². The highest BCUT2D eigenvalue weighted by Gasteiger charge is 2.11. The predicted molar refractivity (Wildman–Crippen MR) is 82.9 cm³/mol. The number of thiazole rings is 1. The number of pyridine rings is 1. The van der Waals surface area contributed by atoms with E-state index in [-0.39, 0.29) is 0 Å². The highest BCUT2D eigenvalue weighted by molar-refractivity contribution is 7.71. The third kappa shape index (κ3) is 2.27. The minimum absolute atomic E-state index is 0.444. The highest BCUT2D eigenvalue weighted by Crippen LogP contribution is 2.29. The van der Waals surface area contributed by atoms with Crippen LogP contribution in [0.15, 0.2) is 48.0 Å². The summed E-state index contributed by atoms with van der Waals surface area (Å²) in [6.45, 7) is 0. The van der Waals surface area contributed by atoms with E-state index in [4.69, 9.17) is 12.2 Å². The Hall–Kier alpha value is -2.29. The molecule has 0 bridgehead atoms. The summed E-state index contributed by atoms with van der Waals surface area (Å²) in [6, 6.07) is 13.9. The molecule has 20 heavy (non-hydrogen) atoms. The zero-order valence-electron chi connectivity index (χ0n) is 10.3. The molecule has 3 nitrogen and oxygen atoms in total. The van der Waals surface area contributed by atoms with Crippen molar-refractivity contribution in [1.82, 2.24) is 9.97 Å². The molecule has 96 valence electrons. The van der Waals surface area contributed by atoms with E-state index >= 15 is 0 Å². The van der Waals surface area contributed by atoms with Crippen LogP contribution in [-0.4, -0.2) is 9.97 Å². The van der Waals surface area contributed by atoms with Crippen LogP contribution in [0.2, 0.25) is 0 Å². The van der Waals surface area contributed by atoms with E-state index in [0.717, 1.165) is 21.8 Å². The van der Waals surface area contributed by atoms with Gasteiger partial charge < -0.3 is 4.98 Å². The lowest BCUT2D eigenvalue weighted by Gasteiger charge is -2.07. The molecule has 0 aliphatic carbocycles. The summed E-state index contributed by atoms with van der Waals surface area (Å²) >= 11 is 6.83. The maximum atomic E-state index is 9.33. The summed E-state index contributed by atoms with van der Waals surface area (Å²) in [7, 11) is 0. The van der Waals surface area contributed by atoms with Crippen LogP contribution in [0.25, 0.3) is 21.8 Å². The molecule has 2 heterocycles. The van der Waals surface area contributed by atoms with Crippen LogP contribution < -0.4 is 0 Å². The third-order valence-electron chi connectivity index (χ3n) is 2.89. The fourth-order valence-corrected chi connectivity index (χ4v) is 2.86. The van der Waals surface area contributed by atoms with Gasteiger partial charge in [-0.1, -0.05) is 42.5 Å². The van der Waals surface area contributed by atoms with Gasteiger partial charge in [0, 0.05) is 17.1 Å². The van der Waals surface area contributed by atoms with Crippen molar-refractivity contribution < 1.29 is 0 Å². The van der Waals surface area contributed by atoms with Crippen LogP contribution in [0.1, 0.15) is 5.56 Å². The van der Waals surface area contributed by atoms with Gasteiger partial charge in [-0.25, -0.2) is 4.98 Å². The topological polar surface area (TPSA) is 52.5 Å². The standard InChI is InChI=1S/C15H9N3S2/c16-9-12-11(10-4-2-1-3-5-10)8-13(18-14(12)19)15-17-6-7-20-15/h1-8H,(H,18,19). The fourth-order valence-electron chi connectivity index (χ4n) is 1.99. The Kier molecular flexibility index (Phi) is 3.42. The Morgan fingerprint density at radius 2 is 2.05 bits per heavy atom. The van der Waals surface area contributed by atoms with Crippen LogP contribution in [0.5, 0.6) is 0 Å². The first-order valence-electron chi connectivity index (χ1n) is 5.92. The van der Waals surface area contributed by atoms with Crippen molar-refractivity contribution in [2.24, 2.45) is 0 Å². The maximum absolute atomic E-state index is 9.33. The molecule has 1 N–H and O–H groups in total. The summed E-state index contributed by atoms with van der Waals surface area (Å²) in [4.78, 5) is 7.36. The molecule has 3 rings (SSSR count). The summed E-state index contributed by atoms with van der Waals surface area (Å²) in [5.74, 6) is 0. The number of benzene rings is 1. The monoisotopic (exact) mass is 295 g/mol. The molecule has 1 aromatic carbocycles. The molecule has 0 amide bonds. The lowest BCUT2D eigenvalue weighted by Crippen LogP contribution is -1.92. The predicted octanol–water partition coefficient (Wildman–Crippen LogP) is 4.41. The van der Waals surface area contributed by atoms with Gasteiger partial charge in [0.1, 0.15) is 15.7 Å². The summed E-state index contributed by atoms with van der Waals surface area (Å²) in [5, 5.41) is 12.1. The first-order valence-corrected chi connectivity index (χ1v) is 7.21. The molecule has 0 spiro atoms. The molecule has 3 aromatic rings. The largest absolute Gasteiger partial charge is 0.343 e. The molecule has 0 aliphatic rings. The van der Waals surface area contributed by atoms with E-state index in [1.54, 1.807) is 6.20 Å². The van der Waals surface area contributed by atoms with Crippen LogP contribution in [0, 0.1) is 16.0 Å². The van der Waals surface area contributed by atoms with Crippen LogP contribution in [-0.2, 0) is 0 Å². The molecule has 0 atom stereocenters. The number of H-pyrrole nitrogens is 1. The molecule has 0 aliphatic heterocycles. The number of rotatable bonds is 2. The Bertz CT molecular complexity index is 828. The second-order valence-corrected chi connectivity index (χ2v) is 5.42. The van der Waals surface area contributed by atoms with Gasteiger partial charge in [-0.2, -0.15) is 5.26 Å². The number of nitrogens with zero attached hydrogens (tertiary/aromatic N) is 2. The van der Waals surface area contributed by atoms with Crippen molar-refractivity contribution in [2.45, 2.75) is 0 Å². The second-order valence-electron chi connectivity index (χ2n) is 4.12. The van der Waals surface area contributed by atoms with Crippen LogP contribution >= 0.6 is 23.6 Å². The molecule has 0 saturated carbocycles. The molecule has 0 unspecified atom stereocenters. The zero-order valence-corrected chi connectivity index (χ0v) is 12.0. The average molecular weight is 295 g/mol.